The molecule has 0 aliphatic rings. The van der Waals surface area contributed by atoms with E-state index < -0.39 is 0 Å². The second-order valence-electron chi connectivity index (χ2n) is 3.85. The van der Waals surface area contributed by atoms with Gasteiger partial charge in [0, 0.05) is 18.8 Å². The molecule has 1 N–H and O–H groups in total. The minimum Gasteiger partial charge on any atom is -0.508 e. The Morgan fingerprint density at radius 3 is 2.89 bits per heavy atom. The molecule has 6 nitrogen and oxygen atoms in total. The van der Waals surface area contributed by atoms with Gasteiger partial charge in [-0.1, -0.05) is 11.2 Å². The largest absolute Gasteiger partial charge is 0.508 e. The van der Waals surface area contributed by atoms with Crippen LogP contribution >= 0.6 is 0 Å². The molecule has 2 aromatic heterocycles. The first-order valence-corrected chi connectivity index (χ1v) is 5.35. The summed E-state index contributed by atoms with van der Waals surface area (Å²) in [6.07, 6.45) is 1.81. The van der Waals surface area contributed by atoms with Crippen LogP contribution in [0.1, 0.15) is 0 Å². The van der Waals surface area contributed by atoms with Gasteiger partial charge in [-0.25, -0.2) is 0 Å². The van der Waals surface area contributed by atoms with Crippen molar-refractivity contribution >= 4 is 0 Å². The molecule has 0 radical (unpaired) electrons. The predicted octanol–water partition coefficient (Wildman–Crippen LogP) is 1.84. The molecule has 0 saturated carbocycles. The van der Waals surface area contributed by atoms with Gasteiger partial charge in [0.25, 0.3) is 5.89 Å². The van der Waals surface area contributed by atoms with Crippen LogP contribution in [0, 0.1) is 0 Å². The molecule has 2 heterocycles. The summed E-state index contributed by atoms with van der Waals surface area (Å²) in [6.45, 7) is 0. The zero-order chi connectivity index (χ0) is 12.5. The van der Waals surface area contributed by atoms with Gasteiger partial charge in [-0.05, 0) is 24.3 Å². The molecule has 0 bridgehead atoms. The van der Waals surface area contributed by atoms with E-state index in [2.05, 4.69) is 15.2 Å². The minimum atomic E-state index is 0.157. The van der Waals surface area contributed by atoms with E-state index in [0.29, 0.717) is 23.0 Å². The Hall–Kier alpha value is -2.63. The number of hydrogen-bond acceptors (Lipinski definition) is 5. The van der Waals surface area contributed by atoms with Crippen LogP contribution in [-0.4, -0.2) is 25.0 Å². The van der Waals surface area contributed by atoms with Crippen LogP contribution in [-0.2, 0) is 7.05 Å². The maximum absolute atomic E-state index is 9.40. The van der Waals surface area contributed by atoms with Crippen molar-refractivity contribution < 1.29 is 9.63 Å². The lowest BCUT2D eigenvalue weighted by Crippen LogP contribution is -1.88. The number of hydrogen-bond donors (Lipinski definition) is 1. The van der Waals surface area contributed by atoms with Crippen molar-refractivity contribution in [1.82, 2.24) is 19.9 Å². The lowest BCUT2D eigenvalue weighted by atomic mass is 10.2. The summed E-state index contributed by atoms with van der Waals surface area (Å²) in [5.41, 5.74) is 1.32. The van der Waals surface area contributed by atoms with E-state index >= 15 is 0 Å². The predicted molar refractivity (Wildman–Crippen MR) is 63.6 cm³/mol. The second-order valence-corrected chi connectivity index (χ2v) is 3.85. The Balaban J connectivity index is 1.99. The highest BCUT2D eigenvalue weighted by Crippen LogP contribution is 2.23. The standard InChI is InChI=1S/C12H10N4O2/c1-16-6-5-10(14-16)11-13-12(18-15-11)8-3-2-4-9(17)7-8/h2-7,17H,1H3. The summed E-state index contributed by atoms with van der Waals surface area (Å²) in [5.74, 6) is 0.936. The van der Waals surface area contributed by atoms with E-state index in [1.54, 1.807) is 41.2 Å². The van der Waals surface area contributed by atoms with Crippen molar-refractivity contribution in [1.29, 1.82) is 0 Å². The molecule has 0 saturated heterocycles. The first-order chi connectivity index (χ1) is 8.72. The van der Waals surface area contributed by atoms with Gasteiger partial charge in [-0.3, -0.25) is 4.68 Å². The first kappa shape index (κ1) is 10.5. The van der Waals surface area contributed by atoms with Crippen LogP contribution in [0.5, 0.6) is 5.75 Å². The fourth-order valence-corrected chi connectivity index (χ4v) is 1.62. The Bertz CT molecular complexity index is 687. The van der Waals surface area contributed by atoms with Crippen molar-refractivity contribution in [3.05, 3.63) is 36.5 Å². The van der Waals surface area contributed by atoms with E-state index in [9.17, 15) is 5.11 Å². The van der Waals surface area contributed by atoms with Crippen LogP contribution in [0.25, 0.3) is 23.0 Å². The van der Waals surface area contributed by atoms with Gasteiger partial charge < -0.3 is 9.63 Å². The van der Waals surface area contributed by atoms with Crippen molar-refractivity contribution in [3.63, 3.8) is 0 Å². The Labute approximate surface area is 102 Å². The average molecular weight is 242 g/mol. The summed E-state index contributed by atoms with van der Waals surface area (Å²) in [7, 11) is 1.82. The van der Waals surface area contributed by atoms with Gasteiger partial charge in [0.05, 0.1) is 0 Å². The van der Waals surface area contributed by atoms with Gasteiger partial charge in [0.1, 0.15) is 11.4 Å². The summed E-state index contributed by atoms with van der Waals surface area (Å²) in [4.78, 5) is 4.24. The quantitative estimate of drug-likeness (QED) is 0.742. The van der Waals surface area contributed by atoms with Gasteiger partial charge in [0.2, 0.25) is 5.82 Å². The highest BCUT2D eigenvalue weighted by atomic mass is 16.5. The molecule has 1 aromatic carbocycles. The zero-order valence-corrected chi connectivity index (χ0v) is 9.61. The van der Waals surface area contributed by atoms with Crippen LogP contribution in [0.3, 0.4) is 0 Å². The molecule has 0 unspecified atom stereocenters. The van der Waals surface area contributed by atoms with Crippen LogP contribution in [0.4, 0.5) is 0 Å². The average Bonchev–Trinajstić information content (AvgIpc) is 2.97. The highest BCUT2D eigenvalue weighted by Gasteiger charge is 2.12. The number of phenolic OH excluding ortho intramolecular Hbond substituents is 1. The number of aryl methyl sites for hydroxylation is 1. The molecule has 0 amide bonds. The molecule has 90 valence electrons. The highest BCUT2D eigenvalue weighted by molar-refractivity contribution is 5.58. The van der Waals surface area contributed by atoms with Crippen LogP contribution < -0.4 is 0 Å². The lowest BCUT2D eigenvalue weighted by Gasteiger charge is -1.94. The molecule has 0 fully saturated rings. The van der Waals surface area contributed by atoms with Crippen LogP contribution in [0.2, 0.25) is 0 Å². The Kier molecular flexibility index (Phi) is 2.33. The molecule has 3 rings (SSSR count). The summed E-state index contributed by atoms with van der Waals surface area (Å²) >= 11 is 0. The number of aromatic nitrogens is 4. The molecule has 0 spiro atoms. The number of benzene rings is 1. The third-order valence-electron chi connectivity index (χ3n) is 2.46. The molecular formula is C12H10N4O2. The van der Waals surface area contributed by atoms with E-state index in [1.165, 1.54) is 0 Å². The SMILES string of the molecule is Cn1ccc(-c2noc(-c3cccc(O)c3)n2)n1. The maximum atomic E-state index is 9.40. The Morgan fingerprint density at radius 2 is 2.17 bits per heavy atom. The minimum absolute atomic E-state index is 0.157. The topological polar surface area (TPSA) is 77.0 Å². The first-order valence-electron chi connectivity index (χ1n) is 5.35. The van der Waals surface area contributed by atoms with Crippen molar-refractivity contribution in [3.8, 4) is 28.7 Å². The lowest BCUT2D eigenvalue weighted by molar-refractivity contribution is 0.431. The normalized spacial score (nSPS) is 10.7. The summed E-state index contributed by atoms with van der Waals surface area (Å²) in [5, 5.41) is 17.4. The number of rotatable bonds is 2. The number of nitrogens with zero attached hydrogens (tertiary/aromatic N) is 4. The third kappa shape index (κ3) is 1.84. The molecular weight excluding hydrogens is 232 g/mol. The molecule has 0 aliphatic carbocycles. The molecule has 6 heteroatoms. The van der Waals surface area contributed by atoms with E-state index in [4.69, 9.17) is 4.52 Å². The van der Waals surface area contributed by atoms with Gasteiger partial charge >= 0.3 is 0 Å². The molecule has 18 heavy (non-hydrogen) atoms. The summed E-state index contributed by atoms with van der Waals surface area (Å²) in [6, 6.07) is 8.46. The van der Waals surface area contributed by atoms with Gasteiger partial charge in [-0.15, -0.1) is 0 Å². The Morgan fingerprint density at radius 1 is 1.28 bits per heavy atom. The van der Waals surface area contributed by atoms with E-state index in [1.807, 2.05) is 7.05 Å². The molecule has 0 atom stereocenters. The van der Waals surface area contributed by atoms with E-state index in [-0.39, 0.29) is 5.75 Å². The van der Waals surface area contributed by atoms with Crippen molar-refractivity contribution in [2.24, 2.45) is 7.05 Å². The number of aromatic hydroxyl groups is 1. The number of phenols is 1. The third-order valence-corrected chi connectivity index (χ3v) is 2.46. The van der Waals surface area contributed by atoms with E-state index in [0.717, 1.165) is 0 Å². The zero-order valence-electron chi connectivity index (χ0n) is 9.61. The van der Waals surface area contributed by atoms with Gasteiger partial charge in [0.15, 0.2) is 0 Å². The van der Waals surface area contributed by atoms with Crippen molar-refractivity contribution in [2.75, 3.05) is 0 Å². The molecule has 0 aliphatic heterocycles. The molecule has 3 aromatic rings. The maximum Gasteiger partial charge on any atom is 0.258 e. The smallest absolute Gasteiger partial charge is 0.258 e. The van der Waals surface area contributed by atoms with Crippen LogP contribution in [0.15, 0.2) is 41.1 Å². The van der Waals surface area contributed by atoms with Gasteiger partial charge in [-0.2, -0.15) is 10.1 Å². The second kappa shape index (κ2) is 3.99. The fraction of sp³-hybridized carbons (Fsp3) is 0.0833. The summed E-state index contributed by atoms with van der Waals surface area (Å²) < 4.78 is 6.81. The monoisotopic (exact) mass is 242 g/mol. The fourth-order valence-electron chi connectivity index (χ4n) is 1.62. The van der Waals surface area contributed by atoms with Crippen molar-refractivity contribution in [2.45, 2.75) is 0 Å².